The molecular formula is C23H33N5O4. The third kappa shape index (κ3) is 5.21. The van der Waals surface area contributed by atoms with Crippen LogP contribution in [0.15, 0.2) is 16.9 Å². The highest BCUT2D eigenvalue weighted by Crippen LogP contribution is 2.30. The van der Waals surface area contributed by atoms with Gasteiger partial charge in [-0.3, -0.25) is 19.4 Å². The zero-order valence-electron chi connectivity index (χ0n) is 19.1. The molecule has 32 heavy (non-hydrogen) atoms. The zero-order chi connectivity index (χ0) is 22.5. The summed E-state index contributed by atoms with van der Waals surface area (Å²) in [6.07, 6.45) is 4.70. The van der Waals surface area contributed by atoms with Crippen molar-refractivity contribution in [3.05, 3.63) is 28.3 Å². The van der Waals surface area contributed by atoms with Crippen LogP contribution < -0.4 is 15.0 Å². The number of carbonyl (C=O) groups is 1. The van der Waals surface area contributed by atoms with Gasteiger partial charge >= 0.3 is 0 Å². The summed E-state index contributed by atoms with van der Waals surface area (Å²) < 4.78 is 10.6. The molecule has 0 aliphatic carbocycles. The monoisotopic (exact) mass is 443 g/mol. The molecule has 4 rings (SSSR count). The molecule has 2 saturated heterocycles. The molecule has 1 N–H and O–H groups in total. The number of carbonyl (C=O) groups excluding carboxylic acids is 1. The van der Waals surface area contributed by atoms with Gasteiger partial charge in [-0.2, -0.15) is 0 Å². The molecule has 0 radical (unpaired) electrons. The molecule has 1 aromatic heterocycles. The summed E-state index contributed by atoms with van der Waals surface area (Å²) in [5.74, 6) is 1.94. The Kier molecular flexibility index (Phi) is 7.26. The number of aromatic nitrogens is 2. The Balaban J connectivity index is 1.35. The molecule has 2 aliphatic heterocycles. The topological polar surface area (TPSA) is 91.0 Å². The summed E-state index contributed by atoms with van der Waals surface area (Å²) in [4.78, 5) is 39.3. The van der Waals surface area contributed by atoms with Crippen LogP contribution in [0, 0.1) is 0 Å². The van der Waals surface area contributed by atoms with Crippen LogP contribution in [0.1, 0.15) is 31.5 Å². The van der Waals surface area contributed by atoms with Crippen LogP contribution in [-0.4, -0.2) is 90.6 Å². The molecule has 1 amide bonds. The zero-order valence-corrected chi connectivity index (χ0v) is 19.1. The van der Waals surface area contributed by atoms with E-state index in [0.29, 0.717) is 41.3 Å². The van der Waals surface area contributed by atoms with Crippen molar-refractivity contribution in [1.82, 2.24) is 24.7 Å². The number of rotatable bonds is 6. The molecule has 0 atom stereocenters. The van der Waals surface area contributed by atoms with Gasteiger partial charge in [0.15, 0.2) is 11.5 Å². The van der Waals surface area contributed by atoms with Crippen LogP contribution in [0.25, 0.3) is 10.9 Å². The van der Waals surface area contributed by atoms with E-state index >= 15 is 0 Å². The summed E-state index contributed by atoms with van der Waals surface area (Å²) in [5.41, 5.74) is 0.399. The molecule has 3 heterocycles. The van der Waals surface area contributed by atoms with Crippen LogP contribution in [0.5, 0.6) is 11.5 Å². The smallest absolute Gasteiger partial charge is 0.258 e. The second-order valence-corrected chi connectivity index (χ2v) is 8.58. The van der Waals surface area contributed by atoms with E-state index in [1.54, 1.807) is 26.4 Å². The van der Waals surface area contributed by atoms with Crippen molar-refractivity contribution in [2.75, 3.05) is 60.0 Å². The van der Waals surface area contributed by atoms with Crippen LogP contribution in [0.3, 0.4) is 0 Å². The highest BCUT2D eigenvalue weighted by atomic mass is 16.5. The van der Waals surface area contributed by atoms with E-state index in [0.717, 1.165) is 52.1 Å². The van der Waals surface area contributed by atoms with Gasteiger partial charge in [0.05, 0.1) is 38.2 Å². The van der Waals surface area contributed by atoms with Gasteiger partial charge in [0, 0.05) is 45.3 Å². The number of amides is 1. The highest BCUT2D eigenvalue weighted by Gasteiger charge is 2.23. The van der Waals surface area contributed by atoms with Crippen molar-refractivity contribution in [2.24, 2.45) is 0 Å². The molecule has 1 aromatic carbocycles. The number of hydrogen-bond acceptors (Lipinski definition) is 7. The molecule has 0 saturated carbocycles. The fraction of sp³-hybridized carbons (Fsp3) is 0.609. The van der Waals surface area contributed by atoms with Crippen molar-refractivity contribution in [1.29, 1.82) is 0 Å². The first-order chi connectivity index (χ1) is 15.6. The number of hydrogen-bond donors (Lipinski definition) is 1. The molecule has 9 nitrogen and oxygen atoms in total. The first-order valence-corrected chi connectivity index (χ1v) is 11.4. The van der Waals surface area contributed by atoms with E-state index in [1.807, 2.05) is 4.90 Å². The van der Waals surface area contributed by atoms with Crippen LogP contribution in [-0.2, 0) is 11.3 Å². The maximum atomic E-state index is 12.7. The van der Waals surface area contributed by atoms with E-state index < -0.39 is 0 Å². The molecule has 2 aromatic rings. The summed E-state index contributed by atoms with van der Waals surface area (Å²) in [6.45, 7) is 6.20. The Hall–Kier alpha value is -2.65. The lowest BCUT2D eigenvalue weighted by atomic mass is 10.2. The summed E-state index contributed by atoms with van der Waals surface area (Å²) in [5, 5.41) is 0.475. The number of piperazine rings is 1. The minimum atomic E-state index is -0.187. The standard InChI is InChI=1S/C23H33N5O4/c1-31-19-13-17-18(14-20(19)32-2)24-21(25-23(17)30)15-26-9-11-27(12-10-26)16-22(29)28-7-5-3-4-6-8-28/h13-14H,3-12,15-16H2,1-2H3,(H,24,25,30). The first kappa shape index (κ1) is 22.5. The summed E-state index contributed by atoms with van der Waals surface area (Å²) in [7, 11) is 3.11. The van der Waals surface area contributed by atoms with E-state index in [9.17, 15) is 9.59 Å². The third-order valence-electron chi connectivity index (χ3n) is 6.42. The summed E-state index contributed by atoms with van der Waals surface area (Å²) >= 11 is 0. The lowest BCUT2D eigenvalue weighted by Gasteiger charge is -2.35. The van der Waals surface area contributed by atoms with Gasteiger partial charge in [-0.05, 0) is 18.9 Å². The number of methoxy groups -OCH3 is 2. The Labute approximate surface area is 188 Å². The normalized spacial score (nSPS) is 18.5. The predicted octanol–water partition coefficient (Wildman–Crippen LogP) is 1.46. The van der Waals surface area contributed by atoms with Crippen LogP contribution >= 0.6 is 0 Å². The lowest BCUT2D eigenvalue weighted by molar-refractivity contribution is -0.132. The maximum absolute atomic E-state index is 12.7. The van der Waals surface area contributed by atoms with Crippen molar-refractivity contribution in [3.63, 3.8) is 0 Å². The van der Waals surface area contributed by atoms with Crippen LogP contribution in [0.4, 0.5) is 0 Å². The van der Waals surface area contributed by atoms with Gasteiger partial charge in [0.1, 0.15) is 5.82 Å². The predicted molar refractivity (Wildman–Crippen MR) is 122 cm³/mol. The quantitative estimate of drug-likeness (QED) is 0.723. The van der Waals surface area contributed by atoms with Crippen LogP contribution in [0.2, 0.25) is 0 Å². The average molecular weight is 444 g/mol. The van der Waals surface area contributed by atoms with E-state index in [-0.39, 0.29) is 11.5 Å². The van der Waals surface area contributed by atoms with Gasteiger partial charge < -0.3 is 19.4 Å². The maximum Gasteiger partial charge on any atom is 0.258 e. The third-order valence-corrected chi connectivity index (χ3v) is 6.42. The SMILES string of the molecule is COc1cc2nc(CN3CCN(CC(=O)N4CCCCCC4)CC3)[nH]c(=O)c2cc1OC. The van der Waals surface area contributed by atoms with E-state index in [2.05, 4.69) is 19.8 Å². The number of ether oxygens (including phenoxy) is 2. The first-order valence-electron chi connectivity index (χ1n) is 11.4. The second-order valence-electron chi connectivity index (χ2n) is 8.58. The number of fused-ring (bicyclic) bond motifs is 1. The fourth-order valence-corrected chi connectivity index (χ4v) is 4.52. The molecule has 0 unspecified atom stereocenters. The minimum absolute atomic E-state index is 0.187. The Morgan fingerprint density at radius 3 is 2.22 bits per heavy atom. The largest absolute Gasteiger partial charge is 0.493 e. The van der Waals surface area contributed by atoms with Crippen molar-refractivity contribution in [2.45, 2.75) is 32.2 Å². The van der Waals surface area contributed by atoms with Crippen molar-refractivity contribution < 1.29 is 14.3 Å². The molecular weight excluding hydrogens is 410 g/mol. The van der Waals surface area contributed by atoms with Gasteiger partial charge in [0.25, 0.3) is 5.56 Å². The molecule has 0 bridgehead atoms. The fourth-order valence-electron chi connectivity index (χ4n) is 4.52. The lowest BCUT2D eigenvalue weighted by Crippen LogP contribution is -2.50. The van der Waals surface area contributed by atoms with E-state index in [4.69, 9.17) is 9.47 Å². The number of likely N-dealkylation sites (tertiary alicyclic amines) is 1. The Morgan fingerprint density at radius 1 is 0.938 bits per heavy atom. The molecule has 2 fully saturated rings. The molecule has 2 aliphatic rings. The number of nitrogens with zero attached hydrogens (tertiary/aromatic N) is 4. The molecule has 174 valence electrons. The average Bonchev–Trinajstić information content (AvgIpc) is 3.09. The number of H-pyrrole nitrogens is 1. The molecule has 9 heteroatoms. The van der Waals surface area contributed by atoms with Gasteiger partial charge in [0.2, 0.25) is 5.91 Å². The Morgan fingerprint density at radius 2 is 1.56 bits per heavy atom. The van der Waals surface area contributed by atoms with Gasteiger partial charge in [-0.1, -0.05) is 12.8 Å². The molecule has 0 spiro atoms. The second kappa shape index (κ2) is 10.3. The highest BCUT2D eigenvalue weighted by molar-refractivity contribution is 5.81. The van der Waals surface area contributed by atoms with Crippen molar-refractivity contribution in [3.8, 4) is 11.5 Å². The summed E-state index contributed by atoms with van der Waals surface area (Å²) in [6, 6.07) is 3.39. The Bertz CT molecular complexity index is 992. The van der Waals surface area contributed by atoms with E-state index in [1.165, 1.54) is 12.8 Å². The van der Waals surface area contributed by atoms with Crippen molar-refractivity contribution >= 4 is 16.8 Å². The minimum Gasteiger partial charge on any atom is -0.493 e. The number of nitrogens with one attached hydrogen (secondary N) is 1. The van der Waals surface area contributed by atoms with Gasteiger partial charge in [-0.15, -0.1) is 0 Å². The number of aromatic amines is 1. The number of benzene rings is 1. The van der Waals surface area contributed by atoms with Gasteiger partial charge in [-0.25, -0.2) is 4.98 Å².